The maximum atomic E-state index is 12.2. The molecule has 0 saturated heterocycles. The fourth-order valence-electron chi connectivity index (χ4n) is 4.09. The summed E-state index contributed by atoms with van der Waals surface area (Å²) in [5, 5.41) is 2.99. The van der Waals surface area contributed by atoms with Crippen molar-refractivity contribution in [3.8, 4) is 0 Å². The molecule has 0 radical (unpaired) electrons. The van der Waals surface area contributed by atoms with Crippen molar-refractivity contribution in [2.24, 2.45) is 0 Å². The van der Waals surface area contributed by atoms with E-state index >= 15 is 0 Å². The molecule has 0 spiro atoms. The van der Waals surface area contributed by atoms with Gasteiger partial charge in [0.2, 0.25) is 0 Å². The second kappa shape index (κ2) is 11.5. The van der Waals surface area contributed by atoms with Crippen LogP contribution in [0.5, 0.6) is 0 Å². The summed E-state index contributed by atoms with van der Waals surface area (Å²) in [6.07, 6.45) is 4.56. The second-order valence-electron chi connectivity index (χ2n) is 8.60. The first kappa shape index (κ1) is 22.8. The number of benzene rings is 3. The van der Waals surface area contributed by atoms with E-state index in [1.807, 2.05) is 48.5 Å². The number of ether oxygens (including phenoxy) is 2. The minimum absolute atomic E-state index is 0.0826. The Kier molecular flexibility index (Phi) is 7.94. The van der Waals surface area contributed by atoms with Gasteiger partial charge in [-0.3, -0.25) is 0 Å². The molecule has 1 fully saturated rings. The monoisotopic (exact) mass is 441 g/mol. The van der Waals surface area contributed by atoms with Gasteiger partial charge in [0.15, 0.2) is 0 Å². The minimum Gasteiger partial charge on any atom is -0.445 e. The van der Waals surface area contributed by atoms with E-state index in [9.17, 15) is 4.79 Å². The zero-order valence-corrected chi connectivity index (χ0v) is 19.1. The van der Waals surface area contributed by atoms with Crippen LogP contribution < -0.4 is 5.32 Å². The van der Waals surface area contributed by atoms with E-state index in [1.54, 1.807) is 0 Å². The Hall–Kier alpha value is -3.37. The van der Waals surface area contributed by atoms with Gasteiger partial charge in [-0.1, -0.05) is 90.5 Å². The molecular weight excluding hydrogens is 410 g/mol. The van der Waals surface area contributed by atoms with E-state index < -0.39 is 0 Å². The van der Waals surface area contributed by atoms with E-state index in [0.29, 0.717) is 6.61 Å². The molecule has 0 aromatic heterocycles. The van der Waals surface area contributed by atoms with Crippen molar-refractivity contribution in [2.45, 2.75) is 44.9 Å². The maximum absolute atomic E-state index is 12.2. The molecule has 4 rings (SSSR count). The Morgan fingerprint density at radius 1 is 0.939 bits per heavy atom. The van der Waals surface area contributed by atoms with Crippen LogP contribution in [0.1, 0.15) is 41.5 Å². The number of amides is 1. The van der Waals surface area contributed by atoms with Crippen LogP contribution in [0.2, 0.25) is 0 Å². The summed E-state index contributed by atoms with van der Waals surface area (Å²) < 4.78 is 11.7. The molecule has 1 saturated carbocycles. The van der Waals surface area contributed by atoms with Crippen LogP contribution in [0.25, 0.3) is 11.6 Å². The number of nitrogens with one attached hydrogen (secondary N) is 1. The van der Waals surface area contributed by atoms with Gasteiger partial charge in [0.25, 0.3) is 0 Å². The molecule has 3 aromatic rings. The zero-order chi connectivity index (χ0) is 22.9. The van der Waals surface area contributed by atoms with Gasteiger partial charge in [-0.15, -0.1) is 0 Å². The quantitative estimate of drug-likeness (QED) is 0.412. The van der Waals surface area contributed by atoms with E-state index in [1.165, 1.54) is 11.1 Å². The summed E-state index contributed by atoms with van der Waals surface area (Å²) in [6, 6.07) is 28.7. The molecule has 0 heterocycles. The molecule has 170 valence electrons. The van der Waals surface area contributed by atoms with Crippen molar-refractivity contribution in [3.63, 3.8) is 0 Å². The Bertz CT molecular complexity index is 1050. The molecule has 3 aromatic carbocycles. The smallest absolute Gasteiger partial charge is 0.407 e. The van der Waals surface area contributed by atoms with E-state index in [0.717, 1.165) is 36.0 Å². The lowest BCUT2D eigenvalue weighted by Crippen LogP contribution is -2.33. The highest BCUT2D eigenvalue weighted by Gasteiger charge is 2.27. The first-order valence-corrected chi connectivity index (χ1v) is 11.6. The molecule has 2 atom stereocenters. The fraction of sp³-hybridized carbons (Fsp3) is 0.276. The van der Waals surface area contributed by atoms with Crippen LogP contribution in [0.3, 0.4) is 0 Å². The molecule has 0 unspecified atom stereocenters. The Labute approximate surface area is 196 Å². The molecule has 4 nitrogen and oxygen atoms in total. The molecule has 1 N–H and O–H groups in total. The SMILES string of the molecule is Cc1ccc(/C(=C\c2ccccc2)CO[C@H]2CC[C@H](NC(=O)OCc3ccccc3)C2)cc1. The zero-order valence-electron chi connectivity index (χ0n) is 19.1. The third kappa shape index (κ3) is 7.06. The largest absolute Gasteiger partial charge is 0.445 e. The fourth-order valence-corrected chi connectivity index (χ4v) is 4.09. The van der Waals surface area contributed by atoms with Gasteiger partial charge < -0.3 is 14.8 Å². The first-order chi connectivity index (χ1) is 16.2. The predicted molar refractivity (Wildman–Crippen MR) is 133 cm³/mol. The van der Waals surface area contributed by atoms with Crippen molar-refractivity contribution >= 4 is 17.7 Å². The highest BCUT2D eigenvalue weighted by atomic mass is 16.5. The first-order valence-electron chi connectivity index (χ1n) is 11.6. The summed E-state index contributed by atoms with van der Waals surface area (Å²) in [6.45, 7) is 2.91. The van der Waals surface area contributed by atoms with E-state index in [4.69, 9.17) is 9.47 Å². The average Bonchev–Trinajstić information content (AvgIpc) is 3.29. The summed E-state index contributed by atoms with van der Waals surface area (Å²) in [5.41, 5.74) is 5.70. The summed E-state index contributed by atoms with van der Waals surface area (Å²) in [5.74, 6) is 0. The Balaban J connectivity index is 1.30. The highest BCUT2D eigenvalue weighted by Crippen LogP contribution is 2.26. The molecule has 33 heavy (non-hydrogen) atoms. The molecule has 0 bridgehead atoms. The minimum atomic E-state index is -0.367. The van der Waals surface area contributed by atoms with Crippen LogP contribution in [0, 0.1) is 6.92 Å². The third-order valence-electron chi connectivity index (χ3n) is 5.96. The molecule has 1 amide bonds. The van der Waals surface area contributed by atoms with Gasteiger partial charge in [0.05, 0.1) is 12.7 Å². The lowest BCUT2D eigenvalue weighted by molar-refractivity contribution is 0.0814. The normalized spacial score (nSPS) is 18.2. The lowest BCUT2D eigenvalue weighted by atomic mass is 10.0. The summed E-state index contributed by atoms with van der Waals surface area (Å²) in [4.78, 5) is 12.2. The highest BCUT2D eigenvalue weighted by molar-refractivity contribution is 5.82. The number of carbonyl (C=O) groups is 1. The molecule has 0 aliphatic heterocycles. The standard InChI is InChI=1S/C29H31NO3/c1-22-12-14-25(15-13-22)26(18-23-8-4-2-5-9-23)21-32-28-17-16-27(19-28)30-29(31)33-20-24-10-6-3-7-11-24/h2-15,18,27-28H,16-17,19-21H2,1H3,(H,30,31)/b26-18-/t27-,28-/m0/s1. The maximum Gasteiger partial charge on any atom is 0.407 e. The third-order valence-corrected chi connectivity index (χ3v) is 5.96. The van der Waals surface area contributed by atoms with Gasteiger partial charge in [-0.25, -0.2) is 4.79 Å². The van der Waals surface area contributed by atoms with Gasteiger partial charge in [-0.2, -0.15) is 0 Å². The van der Waals surface area contributed by atoms with Crippen LogP contribution in [-0.2, 0) is 16.1 Å². The Morgan fingerprint density at radius 3 is 2.36 bits per heavy atom. The van der Waals surface area contributed by atoms with Gasteiger partial charge in [-0.05, 0) is 54.5 Å². The van der Waals surface area contributed by atoms with Gasteiger partial charge >= 0.3 is 6.09 Å². The molecular formula is C29H31NO3. The molecule has 4 heteroatoms. The van der Waals surface area contributed by atoms with Gasteiger partial charge in [0, 0.05) is 6.04 Å². The van der Waals surface area contributed by atoms with Crippen molar-refractivity contribution in [1.29, 1.82) is 0 Å². The second-order valence-corrected chi connectivity index (χ2v) is 8.60. The number of carbonyl (C=O) groups excluding carboxylic acids is 1. The topological polar surface area (TPSA) is 47.6 Å². The van der Waals surface area contributed by atoms with E-state index in [-0.39, 0.29) is 24.8 Å². The number of hydrogen-bond acceptors (Lipinski definition) is 3. The molecule has 1 aliphatic rings. The molecule has 1 aliphatic carbocycles. The van der Waals surface area contributed by atoms with Crippen LogP contribution >= 0.6 is 0 Å². The number of aryl methyl sites for hydroxylation is 1. The average molecular weight is 442 g/mol. The number of rotatable bonds is 8. The number of hydrogen-bond donors (Lipinski definition) is 1. The summed E-state index contributed by atoms with van der Waals surface area (Å²) in [7, 11) is 0. The van der Waals surface area contributed by atoms with E-state index in [2.05, 4.69) is 54.7 Å². The van der Waals surface area contributed by atoms with Crippen LogP contribution in [-0.4, -0.2) is 24.8 Å². The summed E-state index contributed by atoms with van der Waals surface area (Å²) >= 11 is 0. The van der Waals surface area contributed by atoms with Crippen molar-refractivity contribution < 1.29 is 14.3 Å². The van der Waals surface area contributed by atoms with Crippen molar-refractivity contribution in [3.05, 3.63) is 107 Å². The van der Waals surface area contributed by atoms with Crippen molar-refractivity contribution in [2.75, 3.05) is 6.61 Å². The Morgan fingerprint density at radius 2 is 1.64 bits per heavy atom. The lowest BCUT2D eigenvalue weighted by Gasteiger charge is -2.16. The van der Waals surface area contributed by atoms with Crippen LogP contribution in [0.15, 0.2) is 84.9 Å². The van der Waals surface area contributed by atoms with Gasteiger partial charge in [0.1, 0.15) is 6.61 Å². The van der Waals surface area contributed by atoms with Crippen LogP contribution in [0.4, 0.5) is 4.79 Å². The number of alkyl carbamates (subject to hydrolysis) is 1. The predicted octanol–water partition coefficient (Wildman–Crippen LogP) is 6.40. The van der Waals surface area contributed by atoms with Crippen molar-refractivity contribution in [1.82, 2.24) is 5.32 Å².